The number of benzene rings is 2. The average Bonchev–Trinajstić information content (AvgIpc) is 2.86. The molecule has 1 N–H and O–H groups in total. The zero-order chi connectivity index (χ0) is 17.8. The molecule has 1 saturated heterocycles. The summed E-state index contributed by atoms with van der Waals surface area (Å²) < 4.78 is 5.40. The van der Waals surface area contributed by atoms with Gasteiger partial charge in [-0.3, -0.25) is 14.5 Å². The van der Waals surface area contributed by atoms with Gasteiger partial charge in [-0.25, -0.2) is 0 Å². The molecule has 0 spiro atoms. The van der Waals surface area contributed by atoms with Gasteiger partial charge in [0.1, 0.15) is 11.5 Å². The molecule has 2 aromatic carbocycles. The number of hydrogen-bond donors (Lipinski definition) is 1. The quantitative estimate of drug-likeness (QED) is 0.820. The molecule has 0 bridgehead atoms. The zero-order valence-electron chi connectivity index (χ0n) is 13.6. The van der Waals surface area contributed by atoms with Crippen LogP contribution in [0.25, 0.3) is 6.08 Å². The molecule has 0 unspecified atom stereocenters. The monoisotopic (exact) mass is 355 g/mol. The Morgan fingerprint density at radius 2 is 1.92 bits per heavy atom. The maximum absolute atomic E-state index is 12.5. The Hall–Kier alpha value is -2.73. The summed E-state index contributed by atoms with van der Waals surface area (Å²) in [5, 5.41) is 9.68. The summed E-state index contributed by atoms with van der Waals surface area (Å²) in [5.41, 5.74) is 1.32. The number of aromatic hydroxyl groups is 1. The number of nitrogens with zero attached hydrogens (tertiary/aromatic N) is 1. The highest BCUT2D eigenvalue weighted by Gasteiger charge is 2.35. The summed E-state index contributed by atoms with van der Waals surface area (Å²) in [4.78, 5) is 26.2. The van der Waals surface area contributed by atoms with Crippen LogP contribution in [0.2, 0.25) is 0 Å². The highest BCUT2D eigenvalue weighted by Crippen LogP contribution is 2.35. The van der Waals surface area contributed by atoms with Crippen LogP contribution >= 0.6 is 11.8 Å². The highest BCUT2D eigenvalue weighted by molar-refractivity contribution is 8.18. The Bertz CT molecular complexity index is 833. The number of thioether (sulfide) groups is 1. The van der Waals surface area contributed by atoms with Crippen LogP contribution in [0, 0.1) is 0 Å². The lowest BCUT2D eigenvalue weighted by Crippen LogP contribution is -2.27. The number of carbonyl (C=O) groups excluding carboxylic acids is 2. The van der Waals surface area contributed by atoms with Gasteiger partial charge in [0.25, 0.3) is 11.1 Å². The van der Waals surface area contributed by atoms with Crippen molar-refractivity contribution in [1.29, 1.82) is 0 Å². The topological polar surface area (TPSA) is 66.8 Å². The largest absolute Gasteiger partial charge is 0.507 e. The van der Waals surface area contributed by atoms with Crippen LogP contribution in [0.3, 0.4) is 0 Å². The van der Waals surface area contributed by atoms with E-state index in [1.165, 1.54) is 17.0 Å². The predicted octanol–water partition coefficient (Wildman–Crippen LogP) is 4.03. The number of ether oxygens (including phenoxy) is 1. The van der Waals surface area contributed by atoms with E-state index in [0.29, 0.717) is 17.9 Å². The number of imide groups is 1. The minimum absolute atomic E-state index is 0.0262. The molecule has 3 rings (SSSR count). The standard InChI is InChI=1S/C19H17NO4S/c1-2-24-15-8-9-16(21)14(10-15)11-17-18(22)20(19(23)25-17)12-13-6-4-3-5-7-13/h3-11,21H,2,12H2,1H3/b17-11-. The minimum Gasteiger partial charge on any atom is -0.507 e. The third kappa shape index (κ3) is 3.85. The van der Waals surface area contributed by atoms with Crippen LogP contribution in [0.1, 0.15) is 18.1 Å². The lowest BCUT2D eigenvalue weighted by molar-refractivity contribution is -0.123. The first-order valence-corrected chi connectivity index (χ1v) is 8.65. The lowest BCUT2D eigenvalue weighted by Gasteiger charge is -2.12. The van der Waals surface area contributed by atoms with Gasteiger partial charge in [-0.15, -0.1) is 0 Å². The van der Waals surface area contributed by atoms with Crippen molar-refractivity contribution in [2.24, 2.45) is 0 Å². The first-order valence-electron chi connectivity index (χ1n) is 7.83. The number of hydrogen-bond acceptors (Lipinski definition) is 5. The maximum Gasteiger partial charge on any atom is 0.293 e. The molecule has 1 aliphatic heterocycles. The molecule has 0 aliphatic carbocycles. The fourth-order valence-corrected chi connectivity index (χ4v) is 3.28. The van der Waals surface area contributed by atoms with Crippen molar-refractivity contribution in [1.82, 2.24) is 4.90 Å². The van der Waals surface area contributed by atoms with Crippen molar-refractivity contribution in [3.05, 3.63) is 64.6 Å². The van der Waals surface area contributed by atoms with E-state index in [1.54, 1.807) is 12.1 Å². The number of phenols is 1. The van der Waals surface area contributed by atoms with E-state index < -0.39 is 0 Å². The molecule has 0 atom stereocenters. The molecule has 1 aliphatic rings. The molecule has 2 aromatic rings. The van der Waals surface area contributed by atoms with E-state index >= 15 is 0 Å². The van der Waals surface area contributed by atoms with E-state index in [9.17, 15) is 14.7 Å². The number of carbonyl (C=O) groups is 2. The molecule has 5 nitrogen and oxygen atoms in total. The van der Waals surface area contributed by atoms with Gasteiger partial charge in [0.2, 0.25) is 0 Å². The highest BCUT2D eigenvalue weighted by atomic mass is 32.2. The van der Waals surface area contributed by atoms with Crippen molar-refractivity contribution in [2.45, 2.75) is 13.5 Å². The molecule has 1 fully saturated rings. The number of amides is 2. The lowest BCUT2D eigenvalue weighted by atomic mass is 10.1. The molecular formula is C19H17NO4S. The van der Waals surface area contributed by atoms with Gasteiger partial charge in [0, 0.05) is 5.56 Å². The van der Waals surface area contributed by atoms with Gasteiger partial charge < -0.3 is 9.84 Å². The van der Waals surface area contributed by atoms with Crippen LogP contribution in [0.15, 0.2) is 53.4 Å². The van der Waals surface area contributed by atoms with E-state index in [4.69, 9.17) is 4.74 Å². The average molecular weight is 355 g/mol. The van der Waals surface area contributed by atoms with Crippen molar-refractivity contribution in [3.8, 4) is 11.5 Å². The van der Waals surface area contributed by atoms with Crippen LogP contribution in [-0.4, -0.2) is 27.8 Å². The normalized spacial score (nSPS) is 15.9. The third-order valence-electron chi connectivity index (χ3n) is 3.65. The van der Waals surface area contributed by atoms with Crippen LogP contribution < -0.4 is 4.74 Å². The minimum atomic E-state index is -0.361. The molecule has 0 saturated carbocycles. The fourth-order valence-electron chi connectivity index (χ4n) is 2.45. The Balaban J connectivity index is 1.84. The molecule has 0 radical (unpaired) electrons. The number of phenolic OH excluding ortho intramolecular Hbond substituents is 1. The summed E-state index contributed by atoms with van der Waals surface area (Å²) in [5.74, 6) is 0.258. The Morgan fingerprint density at radius 3 is 2.64 bits per heavy atom. The molecule has 128 valence electrons. The summed E-state index contributed by atoms with van der Waals surface area (Å²) in [6.07, 6.45) is 1.52. The van der Waals surface area contributed by atoms with E-state index in [2.05, 4.69) is 0 Å². The molecule has 6 heteroatoms. The smallest absolute Gasteiger partial charge is 0.293 e. The second-order valence-corrected chi connectivity index (χ2v) is 6.40. The molecule has 1 heterocycles. The van der Waals surface area contributed by atoms with Gasteiger partial charge in [-0.2, -0.15) is 0 Å². The predicted molar refractivity (Wildman–Crippen MR) is 97.2 cm³/mol. The summed E-state index contributed by atoms with van der Waals surface area (Å²) >= 11 is 0.870. The van der Waals surface area contributed by atoms with Crippen molar-refractivity contribution < 1.29 is 19.4 Å². The second kappa shape index (κ2) is 7.44. The van der Waals surface area contributed by atoms with Gasteiger partial charge >= 0.3 is 0 Å². The first-order chi connectivity index (χ1) is 12.1. The summed E-state index contributed by atoms with van der Waals surface area (Å²) in [6, 6.07) is 14.1. The summed E-state index contributed by atoms with van der Waals surface area (Å²) in [6.45, 7) is 2.59. The van der Waals surface area contributed by atoms with Gasteiger partial charge in [0.15, 0.2) is 0 Å². The SMILES string of the molecule is CCOc1ccc(O)c(/C=C2\SC(=O)N(Cc3ccccc3)C2=O)c1. The molecule has 0 aromatic heterocycles. The molecule has 2 amide bonds. The van der Waals surface area contributed by atoms with Crippen molar-refractivity contribution in [3.63, 3.8) is 0 Å². The van der Waals surface area contributed by atoms with Crippen LogP contribution in [0.4, 0.5) is 4.79 Å². The van der Waals surface area contributed by atoms with E-state index in [-0.39, 0.29) is 28.3 Å². The Labute approximate surface area is 149 Å². The van der Waals surface area contributed by atoms with Crippen LogP contribution in [0.5, 0.6) is 11.5 Å². The Kier molecular flexibility index (Phi) is 5.09. The summed E-state index contributed by atoms with van der Waals surface area (Å²) in [7, 11) is 0. The molecular weight excluding hydrogens is 338 g/mol. The zero-order valence-corrected chi connectivity index (χ0v) is 14.5. The van der Waals surface area contributed by atoms with E-state index in [0.717, 1.165) is 17.3 Å². The second-order valence-electron chi connectivity index (χ2n) is 5.41. The van der Waals surface area contributed by atoms with Crippen molar-refractivity contribution >= 4 is 29.0 Å². The van der Waals surface area contributed by atoms with E-state index in [1.807, 2.05) is 37.3 Å². The van der Waals surface area contributed by atoms with Gasteiger partial charge in [-0.05, 0) is 48.5 Å². The van der Waals surface area contributed by atoms with Gasteiger partial charge in [-0.1, -0.05) is 30.3 Å². The van der Waals surface area contributed by atoms with Crippen LogP contribution in [-0.2, 0) is 11.3 Å². The first kappa shape index (κ1) is 17.1. The maximum atomic E-state index is 12.5. The molecule has 25 heavy (non-hydrogen) atoms. The Morgan fingerprint density at radius 1 is 1.16 bits per heavy atom. The van der Waals surface area contributed by atoms with Gasteiger partial charge in [0.05, 0.1) is 18.1 Å². The fraction of sp³-hybridized carbons (Fsp3) is 0.158. The van der Waals surface area contributed by atoms with Crippen molar-refractivity contribution in [2.75, 3.05) is 6.61 Å². The number of rotatable bonds is 5. The third-order valence-corrected chi connectivity index (χ3v) is 4.56.